The highest BCUT2D eigenvalue weighted by atomic mass is 35.5. The van der Waals surface area contributed by atoms with Crippen LogP contribution in [-0.2, 0) is 21.4 Å². The number of nitrogens with zero attached hydrogens (tertiary/aromatic N) is 1. The Morgan fingerprint density at radius 1 is 0.971 bits per heavy atom. The van der Waals surface area contributed by atoms with Gasteiger partial charge >= 0.3 is 0 Å². The van der Waals surface area contributed by atoms with Gasteiger partial charge in [0.15, 0.2) is 6.61 Å². The number of methoxy groups -OCH3 is 2. The molecule has 0 spiro atoms. The molecule has 0 fully saturated rings. The molecule has 1 N–H and O–H groups in total. The number of ether oxygens (including phenoxy) is 3. The zero-order valence-corrected chi connectivity index (χ0v) is 20.5. The molecule has 0 saturated heterocycles. The monoisotopic (exact) mass is 504 g/mol. The van der Waals surface area contributed by atoms with Crippen LogP contribution < -0.4 is 23.8 Å². The van der Waals surface area contributed by atoms with Crippen LogP contribution in [0.25, 0.3) is 0 Å². The van der Waals surface area contributed by atoms with Crippen molar-refractivity contribution in [1.29, 1.82) is 0 Å². The van der Waals surface area contributed by atoms with E-state index in [4.69, 9.17) is 25.8 Å². The van der Waals surface area contributed by atoms with Gasteiger partial charge in [-0.25, -0.2) is 8.42 Å². The molecule has 0 heterocycles. The lowest BCUT2D eigenvalue weighted by atomic mass is 10.2. The number of amides is 1. The van der Waals surface area contributed by atoms with E-state index in [1.54, 1.807) is 66.7 Å². The van der Waals surface area contributed by atoms with Crippen molar-refractivity contribution in [3.05, 3.63) is 77.3 Å². The van der Waals surface area contributed by atoms with E-state index < -0.39 is 15.9 Å². The highest BCUT2D eigenvalue weighted by molar-refractivity contribution is 7.92. The molecule has 3 aromatic rings. The van der Waals surface area contributed by atoms with Crippen LogP contribution >= 0.6 is 11.6 Å². The molecular formula is C24H25ClN2O6S. The lowest BCUT2D eigenvalue weighted by molar-refractivity contribution is -0.118. The number of sulfonamides is 1. The number of benzene rings is 3. The van der Waals surface area contributed by atoms with Crippen LogP contribution in [0, 0.1) is 0 Å². The van der Waals surface area contributed by atoms with Gasteiger partial charge in [-0.15, -0.1) is 0 Å². The van der Waals surface area contributed by atoms with Crippen molar-refractivity contribution in [1.82, 2.24) is 0 Å². The Morgan fingerprint density at radius 2 is 1.65 bits per heavy atom. The zero-order valence-electron chi connectivity index (χ0n) is 18.9. The summed E-state index contributed by atoms with van der Waals surface area (Å²) in [5.74, 6) is 1.06. The minimum absolute atomic E-state index is 0.0868. The molecule has 0 aliphatic rings. The summed E-state index contributed by atoms with van der Waals surface area (Å²) in [6.07, 6.45) is 1.13. The number of carbonyl (C=O) groups excluding carboxylic acids is 1. The van der Waals surface area contributed by atoms with Crippen LogP contribution in [0.2, 0.25) is 5.02 Å². The molecule has 0 saturated carbocycles. The molecule has 3 aromatic carbocycles. The van der Waals surface area contributed by atoms with Gasteiger partial charge in [0.25, 0.3) is 5.91 Å². The maximum atomic E-state index is 12.4. The first-order valence-corrected chi connectivity index (χ1v) is 12.4. The Bertz CT molecular complexity index is 1250. The normalized spacial score (nSPS) is 10.9. The number of halogens is 1. The number of hydrogen-bond acceptors (Lipinski definition) is 6. The van der Waals surface area contributed by atoms with Gasteiger partial charge in [0.2, 0.25) is 10.0 Å². The summed E-state index contributed by atoms with van der Waals surface area (Å²) in [4.78, 5) is 12.4. The van der Waals surface area contributed by atoms with Gasteiger partial charge in [-0.1, -0.05) is 29.8 Å². The second-order valence-corrected chi connectivity index (χ2v) is 9.57. The Hall–Kier alpha value is -3.43. The molecule has 0 bridgehead atoms. The standard InChI is InChI=1S/C24H25ClN2O6S/c1-31-20-12-13-23(32-2)22(14-20)26-24(28)16-33-19-10-8-18(9-11-19)27(34(3,29)30)15-17-6-4-5-7-21(17)25/h4-14H,15-16H2,1-3H3,(H,26,28). The van der Waals surface area contributed by atoms with E-state index in [9.17, 15) is 13.2 Å². The van der Waals surface area contributed by atoms with Crippen molar-refractivity contribution >= 4 is 38.9 Å². The summed E-state index contributed by atoms with van der Waals surface area (Å²) in [7, 11) is -0.542. The van der Waals surface area contributed by atoms with Crippen LogP contribution in [0.1, 0.15) is 5.56 Å². The van der Waals surface area contributed by atoms with Gasteiger partial charge in [-0.2, -0.15) is 0 Å². The first kappa shape index (κ1) is 25.2. The molecule has 0 aliphatic heterocycles. The SMILES string of the molecule is COc1ccc(OC)c(NC(=O)COc2ccc(N(Cc3ccccc3Cl)S(C)(=O)=O)cc2)c1. The lowest BCUT2D eigenvalue weighted by Gasteiger charge is -2.23. The third kappa shape index (κ3) is 6.55. The maximum Gasteiger partial charge on any atom is 0.262 e. The van der Waals surface area contributed by atoms with Gasteiger partial charge in [-0.05, 0) is 48.0 Å². The average Bonchev–Trinajstić information content (AvgIpc) is 2.82. The summed E-state index contributed by atoms with van der Waals surface area (Å²) in [5.41, 5.74) is 1.58. The number of hydrogen-bond donors (Lipinski definition) is 1. The van der Waals surface area contributed by atoms with Crippen molar-refractivity contribution in [3.63, 3.8) is 0 Å². The Morgan fingerprint density at radius 3 is 2.26 bits per heavy atom. The molecule has 8 nitrogen and oxygen atoms in total. The smallest absolute Gasteiger partial charge is 0.262 e. The number of anilines is 2. The third-order valence-corrected chi connectivity index (χ3v) is 6.36. The predicted molar refractivity (Wildman–Crippen MR) is 133 cm³/mol. The molecule has 0 aliphatic carbocycles. The Balaban J connectivity index is 1.67. The van der Waals surface area contributed by atoms with Crippen molar-refractivity contribution < 1.29 is 27.4 Å². The fourth-order valence-electron chi connectivity index (χ4n) is 3.14. The van der Waals surface area contributed by atoms with E-state index in [0.717, 1.165) is 6.26 Å². The highest BCUT2D eigenvalue weighted by Gasteiger charge is 2.19. The van der Waals surface area contributed by atoms with Crippen LogP contribution in [0.15, 0.2) is 66.7 Å². The van der Waals surface area contributed by atoms with Crippen LogP contribution in [-0.4, -0.2) is 41.4 Å². The number of carbonyl (C=O) groups is 1. The third-order valence-electron chi connectivity index (χ3n) is 4.85. The first-order valence-electron chi connectivity index (χ1n) is 10.2. The predicted octanol–water partition coefficient (Wildman–Crippen LogP) is 4.34. The second-order valence-electron chi connectivity index (χ2n) is 7.26. The molecule has 0 unspecified atom stereocenters. The van der Waals surface area contributed by atoms with E-state index >= 15 is 0 Å². The quantitative estimate of drug-likeness (QED) is 0.441. The summed E-state index contributed by atoms with van der Waals surface area (Å²) in [5, 5.41) is 3.20. The van der Waals surface area contributed by atoms with E-state index in [-0.39, 0.29) is 13.2 Å². The summed E-state index contributed by atoms with van der Waals surface area (Å²) in [6.45, 7) is -0.168. The van der Waals surface area contributed by atoms with Gasteiger partial charge in [0, 0.05) is 11.1 Å². The average molecular weight is 505 g/mol. The molecular weight excluding hydrogens is 480 g/mol. The second kappa shape index (κ2) is 11.1. The molecule has 10 heteroatoms. The summed E-state index contributed by atoms with van der Waals surface area (Å²) in [6, 6.07) is 18.5. The molecule has 34 heavy (non-hydrogen) atoms. The Labute approximate surface area is 204 Å². The number of rotatable bonds is 10. The van der Waals surface area contributed by atoms with Gasteiger partial charge in [-0.3, -0.25) is 9.10 Å². The van der Waals surface area contributed by atoms with Crippen LogP contribution in [0.3, 0.4) is 0 Å². The van der Waals surface area contributed by atoms with E-state index in [2.05, 4.69) is 5.32 Å². The topological polar surface area (TPSA) is 94.2 Å². The van der Waals surface area contributed by atoms with Gasteiger partial charge in [0.05, 0.1) is 38.4 Å². The molecule has 3 rings (SSSR count). The zero-order chi connectivity index (χ0) is 24.7. The van der Waals surface area contributed by atoms with Crippen molar-refractivity contribution in [2.45, 2.75) is 6.54 Å². The molecule has 0 atom stereocenters. The van der Waals surface area contributed by atoms with Gasteiger partial charge in [0.1, 0.15) is 17.2 Å². The molecule has 0 aromatic heterocycles. The molecule has 1 amide bonds. The van der Waals surface area contributed by atoms with Crippen LogP contribution in [0.4, 0.5) is 11.4 Å². The fourth-order valence-corrected chi connectivity index (χ4v) is 4.21. The minimum atomic E-state index is -3.57. The van der Waals surface area contributed by atoms with Gasteiger partial charge < -0.3 is 19.5 Å². The Kier molecular flexibility index (Phi) is 8.25. The lowest BCUT2D eigenvalue weighted by Crippen LogP contribution is -2.29. The van der Waals surface area contributed by atoms with Crippen LogP contribution in [0.5, 0.6) is 17.2 Å². The molecule has 180 valence electrons. The summed E-state index contributed by atoms with van der Waals surface area (Å²) < 4.78 is 42.0. The van der Waals surface area contributed by atoms with E-state index in [1.165, 1.54) is 18.5 Å². The number of nitrogens with one attached hydrogen (secondary N) is 1. The van der Waals surface area contributed by atoms with Crippen molar-refractivity contribution in [2.75, 3.05) is 36.7 Å². The maximum absolute atomic E-state index is 12.4. The van der Waals surface area contributed by atoms with E-state index in [0.29, 0.717) is 39.2 Å². The first-order chi connectivity index (χ1) is 16.2. The minimum Gasteiger partial charge on any atom is -0.497 e. The molecule has 0 radical (unpaired) electrons. The van der Waals surface area contributed by atoms with Crippen molar-refractivity contribution in [3.8, 4) is 17.2 Å². The fraction of sp³-hybridized carbons (Fsp3) is 0.208. The van der Waals surface area contributed by atoms with Crippen molar-refractivity contribution in [2.24, 2.45) is 0 Å². The largest absolute Gasteiger partial charge is 0.497 e. The van der Waals surface area contributed by atoms with E-state index in [1.807, 2.05) is 0 Å². The summed E-state index contributed by atoms with van der Waals surface area (Å²) >= 11 is 6.20. The highest BCUT2D eigenvalue weighted by Crippen LogP contribution is 2.29.